The summed E-state index contributed by atoms with van der Waals surface area (Å²) < 4.78 is 4.34. The third-order valence-corrected chi connectivity index (χ3v) is 5.97. The number of carbonyl (C=O) groups is 1. The smallest absolute Gasteiger partial charge is 0.357 e. The Balaban J connectivity index is 0. The van der Waals surface area contributed by atoms with Crippen molar-refractivity contribution in [2.24, 2.45) is 4.99 Å². The van der Waals surface area contributed by atoms with E-state index in [4.69, 9.17) is 5.11 Å². The van der Waals surface area contributed by atoms with Crippen molar-refractivity contribution in [3.8, 4) is 0 Å². The average molecular weight is 482 g/mol. The summed E-state index contributed by atoms with van der Waals surface area (Å²) in [6.45, 7) is 4.49. The van der Waals surface area contributed by atoms with E-state index in [1.54, 1.807) is 0 Å². The van der Waals surface area contributed by atoms with E-state index in [9.17, 15) is 9.59 Å². The lowest BCUT2D eigenvalue weighted by Crippen LogP contribution is -2.02. The van der Waals surface area contributed by atoms with Crippen LogP contribution in [0.1, 0.15) is 149 Å². The van der Waals surface area contributed by atoms with Gasteiger partial charge in [0.2, 0.25) is 6.08 Å². The first kappa shape index (κ1) is 34.7. The maximum absolute atomic E-state index is 10.7. The van der Waals surface area contributed by atoms with Crippen molar-refractivity contribution in [2.45, 2.75) is 149 Å². The van der Waals surface area contributed by atoms with E-state index < -0.39 is 5.97 Å². The first-order chi connectivity index (χ1) is 16.7. The molecule has 0 bridgehead atoms. The van der Waals surface area contributed by atoms with Crippen LogP contribution in [0.5, 0.6) is 0 Å². The molecule has 0 amide bonds. The van der Waals surface area contributed by atoms with E-state index in [2.05, 4.69) is 16.7 Å². The van der Waals surface area contributed by atoms with Crippen molar-refractivity contribution >= 4 is 12.0 Å². The largest absolute Gasteiger partial charge is 0.464 e. The van der Waals surface area contributed by atoms with E-state index in [1.807, 2.05) is 6.92 Å². The Morgan fingerprint density at radius 3 is 1.32 bits per heavy atom. The fourth-order valence-electron chi connectivity index (χ4n) is 3.89. The summed E-state index contributed by atoms with van der Waals surface area (Å²) in [4.78, 5) is 23.7. The standard InChI is InChI=1S/C22H46O.C7H9NO3/c1-2-3-4-5-6-7-8-9-10-11-12-13-14-15-16-17-18-19-20-21-22-23;1-3-4-6(8-5-9)7(10)11-2/h23H,2-22H2,1H3;4H,3H2,1-2H3. The van der Waals surface area contributed by atoms with Gasteiger partial charge in [-0.2, -0.15) is 4.99 Å². The number of nitrogens with zero attached hydrogens (tertiary/aromatic N) is 1. The van der Waals surface area contributed by atoms with Gasteiger partial charge >= 0.3 is 5.97 Å². The molecule has 0 saturated carbocycles. The lowest BCUT2D eigenvalue weighted by atomic mass is 10.0. The van der Waals surface area contributed by atoms with E-state index in [0.29, 0.717) is 13.0 Å². The second-order valence-corrected chi connectivity index (χ2v) is 9.13. The number of esters is 1. The van der Waals surface area contributed by atoms with Crippen LogP contribution in [-0.2, 0) is 14.3 Å². The molecule has 0 rings (SSSR count). The number of isocyanates is 1. The molecule has 0 atom stereocenters. The molecule has 0 aliphatic rings. The minimum Gasteiger partial charge on any atom is -0.464 e. The van der Waals surface area contributed by atoms with E-state index in [-0.39, 0.29) is 5.70 Å². The first-order valence-electron chi connectivity index (χ1n) is 14.1. The highest BCUT2D eigenvalue weighted by atomic mass is 16.5. The van der Waals surface area contributed by atoms with Gasteiger partial charge in [-0.05, 0) is 12.8 Å². The maximum atomic E-state index is 10.7. The van der Waals surface area contributed by atoms with Crippen LogP contribution in [0.25, 0.3) is 0 Å². The summed E-state index contributed by atoms with van der Waals surface area (Å²) in [5.41, 5.74) is 0.00463. The zero-order valence-corrected chi connectivity index (χ0v) is 22.8. The summed E-state index contributed by atoms with van der Waals surface area (Å²) in [5.74, 6) is -0.616. The molecule has 5 nitrogen and oxygen atoms in total. The Hall–Kier alpha value is -1.45. The lowest BCUT2D eigenvalue weighted by molar-refractivity contribution is -0.136. The van der Waals surface area contributed by atoms with Crippen LogP contribution in [0, 0.1) is 0 Å². The number of methoxy groups -OCH3 is 1. The van der Waals surface area contributed by atoms with Crippen LogP contribution in [0.4, 0.5) is 0 Å². The highest BCUT2D eigenvalue weighted by Crippen LogP contribution is 2.14. The lowest BCUT2D eigenvalue weighted by Gasteiger charge is -2.03. The molecule has 0 aromatic rings. The number of aliphatic imine (C=N–C) groups is 1. The monoisotopic (exact) mass is 481 g/mol. The predicted molar refractivity (Wildman–Crippen MR) is 144 cm³/mol. The van der Waals surface area contributed by atoms with Crippen LogP contribution < -0.4 is 0 Å². The third kappa shape index (κ3) is 28.6. The molecule has 34 heavy (non-hydrogen) atoms. The first-order valence-corrected chi connectivity index (χ1v) is 14.1. The van der Waals surface area contributed by atoms with Crippen LogP contribution in [-0.4, -0.2) is 30.9 Å². The zero-order valence-electron chi connectivity index (χ0n) is 22.8. The van der Waals surface area contributed by atoms with Gasteiger partial charge in [0.1, 0.15) is 0 Å². The zero-order chi connectivity index (χ0) is 25.5. The Morgan fingerprint density at radius 1 is 0.706 bits per heavy atom. The summed E-state index contributed by atoms with van der Waals surface area (Å²) in [5, 5.41) is 8.71. The highest BCUT2D eigenvalue weighted by Gasteiger charge is 2.05. The summed E-state index contributed by atoms with van der Waals surface area (Å²) >= 11 is 0. The number of hydrogen-bond donors (Lipinski definition) is 1. The molecule has 0 aliphatic heterocycles. The van der Waals surface area contributed by atoms with Gasteiger partial charge in [0.15, 0.2) is 5.70 Å². The number of unbranched alkanes of at least 4 members (excludes halogenated alkanes) is 19. The SMILES string of the molecule is CCC=C(N=C=O)C(=O)OC.CCCCCCCCCCCCCCCCCCCCCCO. The molecule has 0 spiro atoms. The molecule has 0 aromatic carbocycles. The predicted octanol–water partition coefficient (Wildman–Crippen LogP) is 8.59. The van der Waals surface area contributed by atoms with Crippen molar-refractivity contribution in [2.75, 3.05) is 13.7 Å². The van der Waals surface area contributed by atoms with Gasteiger partial charge in [-0.1, -0.05) is 142 Å². The Morgan fingerprint density at radius 2 is 1.06 bits per heavy atom. The quantitative estimate of drug-likeness (QED) is 0.0521. The van der Waals surface area contributed by atoms with E-state index in [0.717, 1.165) is 6.42 Å². The average Bonchev–Trinajstić information content (AvgIpc) is 2.85. The fraction of sp³-hybridized carbons (Fsp3) is 0.862. The van der Waals surface area contributed by atoms with Gasteiger partial charge in [0, 0.05) is 6.61 Å². The van der Waals surface area contributed by atoms with Crippen LogP contribution in [0.2, 0.25) is 0 Å². The fourth-order valence-corrected chi connectivity index (χ4v) is 3.89. The second kappa shape index (κ2) is 31.5. The Kier molecular flexibility index (Phi) is 32.2. The molecule has 0 unspecified atom stereocenters. The van der Waals surface area contributed by atoms with Gasteiger partial charge in [0.25, 0.3) is 0 Å². The number of rotatable bonds is 23. The normalized spacial score (nSPS) is 10.9. The van der Waals surface area contributed by atoms with Crippen molar-refractivity contribution < 1.29 is 19.4 Å². The van der Waals surface area contributed by atoms with Gasteiger partial charge in [-0.25, -0.2) is 9.59 Å². The number of ether oxygens (including phenoxy) is 1. The molecule has 200 valence electrons. The van der Waals surface area contributed by atoms with Gasteiger partial charge < -0.3 is 9.84 Å². The number of hydrogen-bond acceptors (Lipinski definition) is 5. The molecule has 5 heteroatoms. The summed E-state index contributed by atoms with van der Waals surface area (Å²) in [6, 6.07) is 0. The van der Waals surface area contributed by atoms with Crippen LogP contribution in [0.15, 0.2) is 16.8 Å². The van der Waals surface area contributed by atoms with Crippen LogP contribution >= 0.6 is 0 Å². The number of aliphatic hydroxyl groups excluding tert-OH is 1. The topological polar surface area (TPSA) is 76.0 Å². The Labute approximate surface area is 210 Å². The van der Waals surface area contributed by atoms with Crippen molar-refractivity contribution in [3.05, 3.63) is 11.8 Å². The molecule has 0 heterocycles. The molecular formula is C29H55NO4. The molecule has 0 aromatic heterocycles. The molecule has 0 aliphatic carbocycles. The second-order valence-electron chi connectivity index (χ2n) is 9.13. The van der Waals surface area contributed by atoms with Gasteiger partial charge in [0.05, 0.1) is 7.11 Å². The summed E-state index contributed by atoms with van der Waals surface area (Å²) in [7, 11) is 1.23. The Bertz CT molecular complexity index is 478. The minimum atomic E-state index is -0.616. The van der Waals surface area contributed by atoms with E-state index >= 15 is 0 Å². The molecular weight excluding hydrogens is 426 g/mol. The third-order valence-electron chi connectivity index (χ3n) is 5.97. The molecule has 0 saturated heterocycles. The number of allylic oxidation sites excluding steroid dienone is 1. The van der Waals surface area contributed by atoms with Gasteiger partial charge in [-0.3, -0.25) is 0 Å². The van der Waals surface area contributed by atoms with Crippen molar-refractivity contribution in [1.82, 2.24) is 0 Å². The van der Waals surface area contributed by atoms with Crippen molar-refractivity contribution in [3.63, 3.8) is 0 Å². The minimum absolute atomic E-state index is 0.00463. The summed E-state index contributed by atoms with van der Waals surface area (Å²) in [6.07, 6.45) is 31.5. The van der Waals surface area contributed by atoms with Gasteiger partial charge in [-0.15, -0.1) is 0 Å². The van der Waals surface area contributed by atoms with Crippen LogP contribution in [0.3, 0.4) is 0 Å². The molecule has 0 radical (unpaired) electrons. The van der Waals surface area contributed by atoms with Crippen molar-refractivity contribution in [1.29, 1.82) is 0 Å². The highest BCUT2D eigenvalue weighted by molar-refractivity contribution is 5.88. The molecule has 0 fully saturated rings. The van der Waals surface area contributed by atoms with E-state index in [1.165, 1.54) is 141 Å². The molecule has 1 N–H and O–H groups in total. The maximum Gasteiger partial charge on any atom is 0.357 e. The number of aliphatic hydroxyl groups is 1. The number of carbonyl (C=O) groups excluding carboxylic acids is 2.